The van der Waals surface area contributed by atoms with Gasteiger partial charge in [0.1, 0.15) is 0 Å². The van der Waals surface area contributed by atoms with Crippen molar-refractivity contribution in [1.29, 1.82) is 0 Å². The van der Waals surface area contributed by atoms with Crippen LogP contribution in [0.2, 0.25) is 0 Å². The summed E-state index contributed by atoms with van der Waals surface area (Å²) in [6, 6.07) is 6.03. The Kier molecular flexibility index (Phi) is 5.34. The van der Waals surface area contributed by atoms with Gasteiger partial charge in [-0.05, 0) is 24.6 Å². The van der Waals surface area contributed by atoms with Crippen molar-refractivity contribution in [3.8, 4) is 0 Å². The van der Waals surface area contributed by atoms with E-state index in [-0.39, 0.29) is 10.9 Å². The van der Waals surface area contributed by atoms with Gasteiger partial charge in [-0.2, -0.15) is 0 Å². The van der Waals surface area contributed by atoms with Gasteiger partial charge in [0.2, 0.25) is 10.0 Å². The summed E-state index contributed by atoms with van der Waals surface area (Å²) >= 11 is 1.39. The van der Waals surface area contributed by atoms with Crippen LogP contribution < -0.4 is 10.6 Å². The SMILES string of the molecule is Cc1cnc(NC(=O)NCc2ccc(S(=O)(=O)N(C)C)cc2)s1. The minimum atomic E-state index is -3.44. The molecule has 0 spiro atoms. The molecule has 1 aromatic heterocycles. The third-order valence-electron chi connectivity index (χ3n) is 3.00. The minimum absolute atomic E-state index is 0.217. The van der Waals surface area contributed by atoms with Crippen molar-refractivity contribution in [2.45, 2.75) is 18.4 Å². The van der Waals surface area contributed by atoms with Crippen LogP contribution in [0.5, 0.6) is 0 Å². The van der Waals surface area contributed by atoms with Gasteiger partial charge in [0, 0.05) is 31.7 Å². The van der Waals surface area contributed by atoms with Crippen molar-refractivity contribution >= 4 is 32.5 Å². The van der Waals surface area contributed by atoms with E-state index >= 15 is 0 Å². The average Bonchev–Trinajstić information content (AvgIpc) is 2.90. The van der Waals surface area contributed by atoms with Gasteiger partial charge in [-0.1, -0.05) is 12.1 Å². The first-order valence-corrected chi connectivity index (χ1v) is 9.03. The Hall–Kier alpha value is -1.97. The van der Waals surface area contributed by atoms with E-state index in [2.05, 4.69) is 15.6 Å². The molecule has 0 aliphatic rings. The molecule has 2 amide bonds. The summed E-state index contributed by atoms with van der Waals surface area (Å²) in [7, 11) is -0.473. The predicted molar refractivity (Wildman–Crippen MR) is 90.0 cm³/mol. The zero-order valence-corrected chi connectivity index (χ0v) is 14.7. The molecule has 0 radical (unpaired) electrons. The first-order valence-electron chi connectivity index (χ1n) is 6.78. The average molecular weight is 354 g/mol. The Balaban J connectivity index is 1.92. The quantitative estimate of drug-likeness (QED) is 0.859. The summed E-state index contributed by atoms with van der Waals surface area (Å²) in [5.41, 5.74) is 0.799. The van der Waals surface area contributed by atoms with Crippen LogP contribution in [0, 0.1) is 6.92 Å². The van der Waals surface area contributed by atoms with Crippen molar-refractivity contribution in [2.75, 3.05) is 19.4 Å². The molecule has 0 aliphatic heterocycles. The number of sulfonamides is 1. The number of anilines is 1. The van der Waals surface area contributed by atoms with E-state index < -0.39 is 10.0 Å². The van der Waals surface area contributed by atoms with E-state index in [1.54, 1.807) is 18.3 Å². The molecule has 0 fully saturated rings. The number of hydrogen-bond acceptors (Lipinski definition) is 5. The van der Waals surface area contributed by atoms with Gasteiger partial charge in [-0.3, -0.25) is 5.32 Å². The van der Waals surface area contributed by atoms with Crippen LogP contribution in [-0.4, -0.2) is 37.8 Å². The Labute approximate surface area is 139 Å². The standard InChI is InChI=1S/C14H18N4O3S2/c1-10-8-16-14(22-10)17-13(19)15-9-11-4-6-12(7-5-11)23(20,21)18(2)3/h4-8H,9H2,1-3H3,(H2,15,16,17,19). The molecule has 0 aliphatic carbocycles. The molecule has 0 bridgehead atoms. The molecular formula is C14H18N4O3S2. The lowest BCUT2D eigenvalue weighted by atomic mass is 10.2. The molecule has 7 nitrogen and oxygen atoms in total. The Morgan fingerprint density at radius 2 is 1.91 bits per heavy atom. The lowest BCUT2D eigenvalue weighted by Gasteiger charge is -2.12. The van der Waals surface area contributed by atoms with Gasteiger partial charge in [0.05, 0.1) is 4.90 Å². The lowest BCUT2D eigenvalue weighted by molar-refractivity contribution is 0.251. The van der Waals surface area contributed by atoms with E-state index in [1.807, 2.05) is 6.92 Å². The molecule has 2 rings (SSSR count). The van der Waals surface area contributed by atoms with Gasteiger partial charge < -0.3 is 5.32 Å². The second-order valence-electron chi connectivity index (χ2n) is 5.02. The topological polar surface area (TPSA) is 91.4 Å². The maximum Gasteiger partial charge on any atom is 0.321 e. The molecular weight excluding hydrogens is 336 g/mol. The highest BCUT2D eigenvalue weighted by atomic mass is 32.2. The number of aryl methyl sites for hydroxylation is 1. The summed E-state index contributed by atoms with van der Waals surface area (Å²) in [5.74, 6) is 0. The van der Waals surface area contributed by atoms with Gasteiger partial charge in [-0.15, -0.1) is 11.3 Å². The molecule has 23 heavy (non-hydrogen) atoms. The molecule has 1 aromatic carbocycles. The van der Waals surface area contributed by atoms with Crippen molar-refractivity contribution in [3.63, 3.8) is 0 Å². The number of hydrogen-bond donors (Lipinski definition) is 2. The highest BCUT2D eigenvalue weighted by Crippen LogP contribution is 2.16. The van der Waals surface area contributed by atoms with Crippen LogP contribution in [0.1, 0.15) is 10.4 Å². The summed E-state index contributed by atoms with van der Waals surface area (Å²) in [5, 5.41) is 5.87. The van der Waals surface area contributed by atoms with Gasteiger partial charge in [0.25, 0.3) is 0 Å². The largest absolute Gasteiger partial charge is 0.334 e. The van der Waals surface area contributed by atoms with E-state index in [4.69, 9.17) is 0 Å². The number of amides is 2. The number of thiazole rings is 1. The fraction of sp³-hybridized carbons (Fsp3) is 0.286. The van der Waals surface area contributed by atoms with Gasteiger partial charge in [0.15, 0.2) is 5.13 Å². The van der Waals surface area contributed by atoms with E-state index in [0.29, 0.717) is 11.7 Å². The Morgan fingerprint density at radius 3 is 2.43 bits per heavy atom. The van der Waals surface area contributed by atoms with Crippen molar-refractivity contribution < 1.29 is 13.2 Å². The van der Waals surface area contributed by atoms with Crippen LogP contribution in [0.3, 0.4) is 0 Å². The number of nitrogens with zero attached hydrogens (tertiary/aromatic N) is 2. The third-order valence-corrected chi connectivity index (χ3v) is 5.65. The summed E-state index contributed by atoms with van der Waals surface area (Å²) in [6.45, 7) is 2.20. The smallest absolute Gasteiger partial charge is 0.321 e. The zero-order chi connectivity index (χ0) is 17.0. The van der Waals surface area contributed by atoms with Crippen LogP contribution in [0.15, 0.2) is 35.4 Å². The second-order valence-corrected chi connectivity index (χ2v) is 8.40. The number of aromatic nitrogens is 1. The predicted octanol–water partition coefficient (Wildman–Crippen LogP) is 2.02. The molecule has 0 atom stereocenters. The molecule has 1 heterocycles. The van der Waals surface area contributed by atoms with Crippen LogP contribution >= 0.6 is 11.3 Å². The number of nitrogens with one attached hydrogen (secondary N) is 2. The van der Waals surface area contributed by atoms with Crippen LogP contribution in [0.4, 0.5) is 9.93 Å². The molecule has 0 saturated carbocycles. The van der Waals surface area contributed by atoms with Gasteiger partial charge in [-0.25, -0.2) is 22.5 Å². The van der Waals surface area contributed by atoms with Crippen LogP contribution in [-0.2, 0) is 16.6 Å². The molecule has 0 saturated heterocycles. The maximum atomic E-state index is 12.0. The molecule has 2 N–H and O–H groups in total. The van der Waals surface area contributed by atoms with Gasteiger partial charge >= 0.3 is 6.03 Å². The fourth-order valence-corrected chi connectivity index (χ4v) is 3.29. The number of carbonyl (C=O) groups is 1. The second kappa shape index (κ2) is 7.07. The maximum absolute atomic E-state index is 12.0. The molecule has 2 aromatic rings. The van der Waals surface area contributed by atoms with E-state index in [9.17, 15) is 13.2 Å². The lowest BCUT2D eigenvalue weighted by Crippen LogP contribution is -2.28. The number of benzene rings is 1. The Bertz CT molecular complexity index is 783. The van der Waals surface area contributed by atoms with Crippen LogP contribution in [0.25, 0.3) is 0 Å². The van der Waals surface area contributed by atoms with Crippen molar-refractivity contribution in [2.24, 2.45) is 0 Å². The third kappa shape index (κ3) is 4.50. The van der Waals surface area contributed by atoms with E-state index in [1.165, 1.54) is 37.6 Å². The molecule has 9 heteroatoms. The number of carbonyl (C=O) groups excluding carboxylic acids is 1. The minimum Gasteiger partial charge on any atom is -0.334 e. The normalized spacial score (nSPS) is 11.5. The molecule has 124 valence electrons. The summed E-state index contributed by atoms with van der Waals surface area (Å²) in [6.07, 6.45) is 1.68. The summed E-state index contributed by atoms with van der Waals surface area (Å²) < 4.78 is 25.1. The Morgan fingerprint density at radius 1 is 1.26 bits per heavy atom. The first-order chi connectivity index (χ1) is 10.8. The fourth-order valence-electron chi connectivity index (χ4n) is 1.73. The number of rotatable bonds is 5. The van der Waals surface area contributed by atoms with Crippen molar-refractivity contribution in [3.05, 3.63) is 40.9 Å². The summed E-state index contributed by atoms with van der Waals surface area (Å²) in [4.78, 5) is 17.0. The zero-order valence-electron chi connectivity index (χ0n) is 13.0. The highest BCUT2D eigenvalue weighted by Gasteiger charge is 2.16. The highest BCUT2D eigenvalue weighted by molar-refractivity contribution is 7.89. The first kappa shape index (κ1) is 17.4. The van der Waals surface area contributed by atoms with Crippen molar-refractivity contribution in [1.82, 2.24) is 14.6 Å². The van der Waals surface area contributed by atoms with E-state index in [0.717, 1.165) is 14.7 Å². The monoisotopic (exact) mass is 354 g/mol. The molecule has 0 unspecified atom stereocenters. The number of urea groups is 1.